The molecule has 5 heteroatoms. The van der Waals surface area contributed by atoms with Gasteiger partial charge in [-0.05, 0) is 77.7 Å². The van der Waals surface area contributed by atoms with E-state index in [2.05, 4.69) is 33.8 Å². The maximum atomic E-state index is 14.5. The summed E-state index contributed by atoms with van der Waals surface area (Å²) in [5.41, 5.74) is 1.74. The van der Waals surface area contributed by atoms with Crippen LogP contribution in [0.15, 0.2) is 34.4 Å². The highest BCUT2D eigenvalue weighted by Gasteiger charge is 2.64. The zero-order valence-electron chi connectivity index (χ0n) is 23.2. The third-order valence-electron chi connectivity index (χ3n) is 9.24. The number of carbonyl (C=O) groups is 3. The Morgan fingerprint density at radius 1 is 1.11 bits per heavy atom. The van der Waals surface area contributed by atoms with Crippen LogP contribution in [-0.4, -0.2) is 29.9 Å². The maximum absolute atomic E-state index is 14.5. The lowest BCUT2D eigenvalue weighted by atomic mass is 9.63. The molecule has 0 heterocycles. The van der Waals surface area contributed by atoms with Crippen molar-refractivity contribution in [2.45, 2.75) is 100 Å². The van der Waals surface area contributed by atoms with Gasteiger partial charge in [0.05, 0.1) is 5.41 Å². The number of allylic oxidation sites excluding steroid dienone is 4. The molecule has 3 unspecified atom stereocenters. The van der Waals surface area contributed by atoms with Crippen LogP contribution in [0, 0.1) is 28.6 Å². The average Bonchev–Trinajstić information content (AvgIpc) is 3.02. The highest BCUT2D eigenvalue weighted by Crippen LogP contribution is 2.62. The van der Waals surface area contributed by atoms with Crippen LogP contribution < -0.4 is 0 Å². The first-order valence-electron chi connectivity index (χ1n) is 13.1. The van der Waals surface area contributed by atoms with E-state index in [1.165, 1.54) is 5.57 Å². The Labute approximate surface area is 211 Å². The molecule has 1 saturated carbocycles. The van der Waals surface area contributed by atoms with Crippen molar-refractivity contribution in [3.63, 3.8) is 0 Å². The number of hydrogen-bond acceptors (Lipinski definition) is 5. The zero-order valence-corrected chi connectivity index (χ0v) is 23.2. The fourth-order valence-electron chi connectivity index (χ4n) is 6.55. The van der Waals surface area contributed by atoms with Gasteiger partial charge in [-0.3, -0.25) is 9.59 Å². The molecule has 3 aliphatic carbocycles. The molecule has 3 aliphatic rings. The fourth-order valence-corrected chi connectivity index (χ4v) is 6.55. The van der Waals surface area contributed by atoms with Crippen molar-refractivity contribution in [1.82, 2.24) is 0 Å². The van der Waals surface area contributed by atoms with E-state index in [4.69, 9.17) is 9.47 Å². The predicted octanol–water partition coefficient (Wildman–Crippen LogP) is 6.52. The van der Waals surface area contributed by atoms with Crippen molar-refractivity contribution in [2.75, 3.05) is 6.61 Å². The van der Waals surface area contributed by atoms with Crippen molar-refractivity contribution in [3.05, 3.63) is 34.4 Å². The molecule has 0 aromatic rings. The van der Waals surface area contributed by atoms with Gasteiger partial charge in [-0.2, -0.15) is 0 Å². The van der Waals surface area contributed by atoms with Gasteiger partial charge in [0, 0.05) is 23.3 Å². The molecule has 194 valence electrons. The summed E-state index contributed by atoms with van der Waals surface area (Å²) in [6, 6.07) is 0. The van der Waals surface area contributed by atoms with E-state index in [9.17, 15) is 14.4 Å². The molecule has 0 aromatic heterocycles. The number of esters is 2. The van der Waals surface area contributed by atoms with E-state index in [1.807, 2.05) is 33.8 Å². The molecule has 1 spiro atoms. The summed E-state index contributed by atoms with van der Waals surface area (Å²) in [7, 11) is 0. The minimum Gasteiger partial charge on any atom is -0.459 e. The Bertz CT molecular complexity index is 992. The predicted molar refractivity (Wildman–Crippen MR) is 137 cm³/mol. The number of carbonyl (C=O) groups excluding carboxylic acids is 3. The normalized spacial score (nSPS) is 33.5. The minimum atomic E-state index is -0.800. The molecule has 5 atom stereocenters. The van der Waals surface area contributed by atoms with Crippen molar-refractivity contribution in [2.24, 2.45) is 28.6 Å². The summed E-state index contributed by atoms with van der Waals surface area (Å²) in [6.07, 6.45) is 7.56. The zero-order chi connectivity index (χ0) is 26.3. The van der Waals surface area contributed by atoms with Gasteiger partial charge in [0.1, 0.15) is 12.2 Å². The lowest BCUT2D eigenvalue weighted by Crippen LogP contribution is -2.50. The third kappa shape index (κ3) is 4.68. The quantitative estimate of drug-likeness (QED) is 0.244. The first-order valence-corrected chi connectivity index (χ1v) is 13.1. The van der Waals surface area contributed by atoms with E-state index >= 15 is 0 Å². The minimum absolute atomic E-state index is 0.0179. The van der Waals surface area contributed by atoms with Crippen LogP contribution in [0.4, 0.5) is 0 Å². The number of rotatable bonds is 6. The molecule has 0 aliphatic heterocycles. The molecule has 0 radical (unpaired) electrons. The molecule has 2 bridgehead atoms. The number of ketones is 1. The second-order valence-corrected chi connectivity index (χ2v) is 12.2. The van der Waals surface area contributed by atoms with Gasteiger partial charge in [0.25, 0.3) is 0 Å². The second-order valence-electron chi connectivity index (χ2n) is 12.2. The molecule has 0 amide bonds. The number of hydrogen-bond donors (Lipinski definition) is 0. The SMILES string of the molecule is CCCC(=O)O[C@]1(C)C[C@@H](C)C23C=C(C)CC2CC(COC(=O)C(C)=C(C)C)=CC(C3=O)C1(C)C. The van der Waals surface area contributed by atoms with Gasteiger partial charge in [0.2, 0.25) is 0 Å². The summed E-state index contributed by atoms with van der Waals surface area (Å²) < 4.78 is 11.9. The van der Waals surface area contributed by atoms with E-state index in [0.717, 1.165) is 30.4 Å². The van der Waals surface area contributed by atoms with Gasteiger partial charge in [0.15, 0.2) is 5.78 Å². The first kappa shape index (κ1) is 27.4. The van der Waals surface area contributed by atoms with Crippen LogP contribution in [0.5, 0.6) is 0 Å². The highest BCUT2D eigenvalue weighted by molar-refractivity contribution is 5.93. The van der Waals surface area contributed by atoms with Gasteiger partial charge in [-0.1, -0.05) is 51.0 Å². The molecule has 3 rings (SSSR count). The van der Waals surface area contributed by atoms with Crippen LogP contribution >= 0.6 is 0 Å². The van der Waals surface area contributed by atoms with E-state index in [-0.39, 0.29) is 36.2 Å². The monoisotopic (exact) mass is 484 g/mol. The van der Waals surface area contributed by atoms with Crippen LogP contribution in [0.1, 0.15) is 94.4 Å². The smallest absolute Gasteiger partial charge is 0.333 e. The van der Waals surface area contributed by atoms with Crippen LogP contribution in [0.25, 0.3) is 0 Å². The summed E-state index contributed by atoms with van der Waals surface area (Å²) in [6.45, 7) is 18.1. The van der Waals surface area contributed by atoms with Gasteiger partial charge >= 0.3 is 11.9 Å². The summed E-state index contributed by atoms with van der Waals surface area (Å²) in [4.78, 5) is 39.7. The maximum Gasteiger partial charge on any atom is 0.333 e. The molecule has 5 nitrogen and oxygen atoms in total. The number of Topliss-reactive ketones (excluding diaryl/α,β-unsaturated/α-hetero) is 1. The lowest BCUT2D eigenvalue weighted by molar-refractivity contribution is -0.177. The Morgan fingerprint density at radius 3 is 2.37 bits per heavy atom. The van der Waals surface area contributed by atoms with E-state index in [0.29, 0.717) is 18.4 Å². The Hall–Kier alpha value is -2.17. The summed E-state index contributed by atoms with van der Waals surface area (Å²) in [5, 5.41) is 0. The Kier molecular flexibility index (Phi) is 7.60. The molecule has 0 aromatic carbocycles. The largest absolute Gasteiger partial charge is 0.459 e. The van der Waals surface area contributed by atoms with Crippen molar-refractivity contribution >= 4 is 17.7 Å². The van der Waals surface area contributed by atoms with E-state index in [1.54, 1.807) is 6.92 Å². The summed E-state index contributed by atoms with van der Waals surface area (Å²) >= 11 is 0. The Balaban J connectivity index is 2.08. The first-order chi connectivity index (χ1) is 16.2. The van der Waals surface area contributed by atoms with Crippen LogP contribution in [-0.2, 0) is 23.9 Å². The molecule has 0 saturated heterocycles. The standard InChI is InChI=1S/C30H44O5/c1-10-11-25(31)35-29(9)16-20(5)30-15-19(4)12-23(30)13-22(14-24(26(30)32)28(29,7)8)17-34-27(33)21(6)18(2)3/h14-15,20,23-24H,10-13,16-17H2,1-9H3/t20-,23?,24?,29-,30?/m1/s1. The lowest BCUT2D eigenvalue weighted by Gasteiger charge is -2.46. The van der Waals surface area contributed by atoms with Gasteiger partial charge < -0.3 is 9.47 Å². The molecular weight excluding hydrogens is 440 g/mol. The van der Waals surface area contributed by atoms with Gasteiger partial charge in [-0.15, -0.1) is 0 Å². The summed E-state index contributed by atoms with van der Waals surface area (Å²) in [5.74, 6) is -0.618. The van der Waals surface area contributed by atoms with Crippen molar-refractivity contribution in [1.29, 1.82) is 0 Å². The Morgan fingerprint density at radius 2 is 1.77 bits per heavy atom. The molecular formula is C30H44O5. The highest BCUT2D eigenvalue weighted by atomic mass is 16.6. The number of ether oxygens (including phenoxy) is 2. The topological polar surface area (TPSA) is 69.7 Å². The second kappa shape index (κ2) is 9.71. The van der Waals surface area contributed by atoms with Crippen LogP contribution in [0.2, 0.25) is 0 Å². The van der Waals surface area contributed by atoms with Crippen LogP contribution in [0.3, 0.4) is 0 Å². The van der Waals surface area contributed by atoms with Crippen molar-refractivity contribution in [3.8, 4) is 0 Å². The molecule has 35 heavy (non-hydrogen) atoms. The molecule has 1 fully saturated rings. The number of fused-ring (bicyclic) bond motifs is 1. The van der Waals surface area contributed by atoms with E-state index < -0.39 is 22.3 Å². The van der Waals surface area contributed by atoms with Gasteiger partial charge in [-0.25, -0.2) is 4.79 Å². The third-order valence-corrected chi connectivity index (χ3v) is 9.24. The average molecular weight is 485 g/mol. The van der Waals surface area contributed by atoms with Crippen molar-refractivity contribution < 1.29 is 23.9 Å². The molecule has 0 N–H and O–H groups in total. The fraction of sp³-hybridized carbons (Fsp3) is 0.700.